The second kappa shape index (κ2) is 8.05. The van der Waals surface area contributed by atoms with Gasteiger partial charge in [-0.05, 0) is 47.8 Å². The molecule has 0 spiro atoms. The van der Waals surface area contributed by atoms with Crippen LogP contribution in [-0.2, 0) is 16.2 Å². The molecule has 1 saturated heterocycles. The average Bonchev–Trinajstić information content (AvgIpc) is 2.96. The number of amides is 2. The van der Waals surface area contributed by atoms with Gasteiger partial charge in [0.05, 0.1) is 6.61 Å². The van der Waals surface area contributed by atoms with E-state index >= 15 is 0 Å². The molecule has 0 bridgehead atoms. The summed E-state index contributed by atoms with van der Waals surface area (Å²) in [5, 5.41) is 19.8. The summed E-state index contributed by atoms with van der Waals surface area (Å²) in [6.45, 7) is 3.72. The van der Waals surface area contributed by atoms with Crippen molar-refractivity contribution >= 4 is 35.2 Å². The number of aromatic nitrogens is 2. The van der Waals surface area contributed by atoms with Gasteiger partial charge in [0.2, 0.25) is 11.4 Å². The lowest BCUT2D eigenvalue weighted by atomic mass is 10.1. The third-order valence-electron chi connectivity index (χ3n) is 3.78. The Morgan fingerprint density at radius 1 is 1.25 bits per heavy atom. The lowest BCUT2D eigenvalue weighted by molar-refractivity contribution is -0.808. The Morgan fingerprint density at radius 3 is 2.57 bits per heavy atom. The van der Waals surface area contributed by atoms with Crippen LogP contribution in [0.15, 0.2) is 28.4 Å². The van der Waals surface area contributed by atoms with E-state index in [1.54, 1.807) is 32.0 Å². The Hall–Kier alpha value is -3.47. The lowest BCUT2D eigenvalue weighted by Crippen LogP contribution is -2.51. The number of thiocarbonyl (C=S) groups is 1. The number of nitrogens with zero attached hydrogens (tertiary/aromatic N) is 2. The van der Waals surface area contributed by atoms with Crippen LogP contribution in [0.2, 0.25) is 0 Å². The van der Waals surface area contributed by atoms with Crippen molar-refractivity contribution in [2.75, 3.05) is 6.61 Å². The van der Waals surface area contributed by atoms with E-state index in [0.29, 0.717) is 29.4 Å². The van der Waals surface area contributed by atoms with Crippen LogP contribution >= 0.6 is 12.2 Å². The zero-order valence-electron chi connectivity index (χ0n) is 15.0. The molecule has 2 heterocycles. The van der Waals surface area contributed by atoms with Gasteiger partial charge in [-0.25, -0.2) is 0 Å². The molecule has 1 fully saturated rings. The molecular formula is C17H16N4O6S. The maximum atomic E-state index is 12.0. The van der Waals surface area contributed by atoms with Crippen molar-refractivity contribution in [1.82, 2.24) is 15.8 Å². The van der Waals surface area contributed by atoms with Crippen LogP contribution in [0.4, 0.5) is 0 Å². The number of rotatable bonds is 6. The second-order valence-electron chi connectivity index (χ2n) is 5.69. The van der Waals surface area contributed by atoms with Gasteiger partial charge >= 0.3 is 0 Å². The predicted octanol–water partition coefficient (Wildman–Crippen LogP) is 0.508. The Balaban J connectivity index is 1.84. The van der Waals surface area contributed by atoms with Gasteiger partial charge in [-0.1, -0.05) is 6.07 Å². The van der Waals surface area contributed by atoms with E-state index in [4.69, 9.17) is 21.7 Å². The lowest BCUT2D eigenvalue weighted by Gasteiger charge is -2.16. The first-order valence-electron chi connectivity index (χ1n) is 8.22. The SMILES string of the molecule is CCOc1cc(C=C2C(=O)NC(=S)NC2=O)ccc1OCc1c(C)no[n+]1[O-]. The van der Waals surface area contributed by atoms with Crippen LogP contribution in [0.3, 0.4) is 0 Å². The van der Waals surface area contributed by atoms with Gasteiger partial charge in [0.15, 0.2) is 23.2 Å². The fourth-order valence-corrected chi connectivity index (χ4v) is 2.60. The summed E-state index contributed by atoms with van der Waals surface area (Å²) in [5.74, 6) is -0.413. The summed E-state index contributed by atoms with van der Waals surface area (Å²) in [4.78, 5) is 24.2. The Kier molecular flexibility index (Phi) is 5.54. The first-order chi connectivity index (χ1) is 13.4. The van der Waals surface area contributed by atoms with Crippen molar-refractivity contribution in [3.63, 3.8) is 0 Å². The first-order valence-corrected chi connectivity index (χ1v) is 8.63. The van der Waals surface area contributed by atoms with Gasteiger partial charge in [-0.2, -0.15) is 0 Å². The molecule has 1 aromatic carbocycles. The van der Waals surface area contributed by atoms with E-state index in [1.165, 1.54) is 6.08 Å². The zero-order valence-corrected chi connectivity index (χ0v) is 15.8. The fourth-order valence-electron chi connectivity index (χ4n) is 2.41. The topological polar surface area (TPSA) is 130 Å². The molecule has 28 heavy (non-hydrogen) atoms. The highest BCUT2D eigenvalue weighted by Gasteiger charge is 2.25. The average molecular weight is 404 g/mol. The van der Waals surface area contributed by atoms with Gasteiger partial charge < -0.3 is 14.7 Å². The fraction of sp³-hybridized carbons (Fsp3) is 0.235. The van der Waals surface area contributed by atoms with E-state index in [-0.39, 0.29) is 27.9 Å². The molecule has 10 nitrogen and oxygen atoms in total. The van der Waals surface area contributed by atoms with E-state index in [9.17, 15) is 14.8 Å². The molecule has 0 aliphatic carbocycles. The first kappa shape index (κ1) is 19.3. The monoisotopic (exact) mass is 404 g/mol. The van der Waals surface area contributed by atoms with Crippen molar-refractivity contribution < 1.29 is 28.6 Å². The number of hydrogen-bond donors (Lipinski definition) is 2. The molecule has 146 valence electrons. The molecule has 1 aliphatic heterocycles. The number of hydrogen-bond acceptors (Lipinski definition) is 8. The Morgan fingerprint density at radius 2 is 1.96 bits per heavy atom. The van der Waals surface area contributed by atoms with Crippen LogP contribution in [-0.4, -0.2) is 28.7 Å². The molecule has 3 rings (SSSR count). The third-order valence-corrected chi connectivity index (χ3v) is 3.98. The van der Waals surface area contributed by atoms with Crippen LogP contribution in [0, 0.1) is 12.1 Å². The van der Waals surface area contributed by atoms with E-state index in [0.717, 1.165) is 0 Å². The van der Waals surface area contributed by atoms with Gasteiger partial charge in [-0.3, -0.25) is 24.9 Å². The number of ether oxygens (including phenoxy) is 2. The van der Waals surface area contributed by atoms with Gasteiger partial charge in [0.1, 0.15) is 5.57 Å². The van der Waals surface area contributed by atoms with Crippen LogP contribution in [0.5, 0.6) is 11.5 Å². The third kappa shape index (κ3) is 4.09. The number of nitrogens with one attached hydrogen (secondary N) is 2. The molecule has 1 aromatic heterocycles. The molecule has 0 saturated carbocycles. The standard InChI is InChI=1S/C17H16N4O6S/c1-3-25-14-7-10(6-11-15(22)18-17(28)19-16(11)23)4-5-13(14)26-8-12-9(2)20-27-21(12)24/h4-7H,3,8H2,1-2H3,(H2,18,19,22,23,28). The normalized spacial score (nSPS) is 13.8. The minimum Gasteiger partial charge on any atom is -0.490 e. The van der Waals surface area contributed by atoms with Crippen molar-refractivity contribution in [1.29, 1.82) is 0 Å². The number of carbonyl (C=O) groups is 2. The van der Waals surface area contributed by atoms with Crippen LogP contribution in [0.25, 0.3) is 6.08 Å². The molecule has 0 atom stereocenters. The molecule has 2 amide bonds. The zero-order chi connectivity index (χ0) is 20.3. The minimum atomic E-state index is -0.588. The number of benzene rings is 1. The summed E-state index contributed by atoms with van der Waals surface area (Å²) >= 11 is 4.77. The van der Waals surface area contributed by atoms with Crippen molar-refractivity contribution in [2.24, 2.45) is 0 Å². The highest BCUT2D eigenvalue weighted by atomic mass is 32.1. The molecule has 2 N–H and O–H groups in total. The van der Waals surface area contributed by atoms with E-state index < -0.39 is 11.8 Å². The molecular weight excluding hydrogens is 388 g/mol. The highest BCUT2D eigenvalue weighted by molar-refractivity contribution is 7.80. The summed E-state index contributed by atoms with van der Waals surface area (Å²) in [6.07, 6.45) is 1.41. The molecule has 2 aromatic rings. The van der Waals surface area contributed by atoms with Crippen LogP contribution < -0.4 is 25.0 Å². The minimum absolute atomic E-state index is 0.0365. The maximum Gasteiger partial charge on any atom is 0.263 e. The summed E-state index contributed by atoms with van der Waals surface area (Å²) in [5.41, 5.74) is 1.11. The van der Waals surface area contributed by atoms with Crippen LogP contribution in [0.1, 0.15) is 23.9 Å². The largest absolute Gasteiger partial charge is 0.490 e. The molecule has 0 radical (unpaired) electrons. The highest BCUT2D eigenvalue weighted by Crippen LogP contribution is 2.30. The molecule has 11 heteroatoms. The van der Waals surface area contributed by atoms with Crippen molar-refractivity contribution in [3.8, 4) is 11.5 Å². The van der Waals surface area contributed by atoms with Gasteiger partial charge in [0, 0.05) is 12.1 Å². The number of aryl methyl sites for hydroxylation is 1. The second-order valence-corrected chi connectivity index (χ2v) is 6.09. The predicted molar refractivity (Wildman–Crippen MR) is 99.0 cm³/mol. The molecule has 0 unspecified atom stereocenters. The molecule has 1 aliphatic rings. The Labute approximate surface area is 164 Å². The van der Waals surface area contributed by atoms with Crippen molar-refractivity contribution in [3.05, 3.63) is 45.9 Å². The summed E-state index contributed by atoms with van der Waals surface area (Å²) in [6, 6.07) is 4.87. The maximum absolute atomic E-state index is 12.0. The van der Waals surface area contributed by atoms with Crippen molar-refractivity contribution in [2.45, 2.75) is 20.5 Å². The summed E-state index contributed by atoms with van der Waals surface area (Å²) < 4.78 is 15.7. The smallest absolute Gasteiger partial charge is 0.263 e. The van der Waals surface area contributed by atoms with E-state index in [2.05, 4.69) is 20.4 Å². The van der Waals surface area contributed by atoms with E-state index in [1.807, 2.05) is 0 Å². The quantitative estimate of drug-likeness (QED) is 0.308. The summed E-state index contributed by atoms with van der Waals surface area (Å²) in [7, 11) is 0. The van der Waals surface area contributed by atoms with Gasteiger partial charge in [0.25, 0.3) is 11.8 Å². The number of carbonyl (C=O) groups excluding carboxylic acids is 2. The Bertz CT molecular complexity index is 943. The van der Waals surface area contributed by atoms with Gasteiger partial charge in [-0.15, -0.1) is 0 Å².